The fourth-order valence-corrected chi connectivity index (χ4v) is 2.66. The van der Waals surface area contributed by atoms with Crippen LogP contribution in [0.1, 0.15) is 17.7 Å². The lowest BCUT2D eigenvalue weighted by Crippen LogP contribution is -2.18. The molecule has 0 amide bonds. The van der Waals surface area contributed by atoms with E-state index in [-0.39, 0.29) is 0 Å². The van der Waals surface area contributed by atoms with Gasteiger partial charge in [0.15, 0.2) is 0 Å². The van der Waals surface area contributed by atoms with Crippen LogP contribution in [0.4, 0.5) is 0 Å². The molecule has 1 N–H and O–H groups in total. The van der Waals surface area contributed by atoms with Gasteiger partial charge < -0.3 is 14.5 Å². The molecule has 1 aliphatic rings. The number of hydrogen-bond donors (Lipinski definition) is 1. The third-order valence-corrected chi connectivity index (χ3v) is 3.77. The van der Waals surface area contributed by atoms with Crippen LogP contribution in [0.15, 0.2) is 16.7 Å². The molecule has 1 aliphatic carbocycles. The Balaban J connectivity index is 2.58. The predicted octanol–water partition coefficient (Wildman–Crippen LogP) is 1.78. The normalized spacial score (nSPS) is 14.1. The largest absolute Gasteiger partial charge is 0.466 e. The van der Waals surface area contributed by atoms with Gasteiger partial charge in [-0.05, 0) is 25.2 Å². The van der Waals surface area contributed by atoms with Gasteiger partial charge in [0.1, 0.15) is 0 Å². The average molecular weight is 281 g/mol. The molecule has 0 aromatic carbocycles. The predicted molar refractivity (Wildman–Crippen MR) is 71.8 cm³/mol. The maximum absolute atomic E-state index is 11.9. The van der Waals surface area contributed by atoms with Crippen LogP contribution in [0, 0.1) is 0 Å². The minimum absolute atomic E-state index is 0.312. The zero-order valence-electron chi connectivity index (χ0n) is 11.0. The number of aryl methyl sites for hydroxylation is 1. The number of methoxy groups -OCH3 is 2. The Morgan fingerprint density at radius 3 is 2.47 bits per heavy atom. The van der Waals surface area contributed by atoms with E-state index in [1.165, 1.54) is 14.2 Å². The zero-order valence-corrected chi connectivity index (χ0v) is 11.8. The fourth-order valence-electron chi connectivity index (χ4n) is 2.20. The average Bonchev–Trinajstić information content (AvgIpc) is 2.87. The Bertz CT molecular complexity index is 559. The molecule has 0 unspecified atom stereocenters. The van der Waals surface area contributed by atoms with Crippen molar-refractivity contribution in [2.75, 3.05) is 20.5 Å². The summed E-state index contributed by atoms with van der Waals surface area (Å²) in [5.41, 5.74) is 2.39. The van der Waals surface area contributed by atoms with E-state index in [0.29, 0.717) is 24.0 Å². The van der Waals surface area contributed by atoms with Gasteiger partial charge in [-0.3, -0.25) is 0 Å². The molecule has 2 rings (SSSR count). The first-order valence-corrected chi connectivity index (χ1v) is 7.00. The maximum atomic E-state index is 11.9. The number of ether oxygens (including phenoxy) is 2. The first kappa shape index (κ1) is 13.7. The number of nitrogens with one attached hydrogen (secondary N) is 1. The summed E-state index contributed by atoms with van der Waals surface area (Å²) in [6.07, 6.45) is 3.10. The lowest BCUT2D eigenvalue weighted by molar-refractivity contribution is -0.138. The minimum Gasteiger partial charge on any atom is -0.466 e. The summed E-state index contributed by atoms with van der Waals surface area (Å²) >= 11 is 1.55. The Morgan fingerprint density at radius 2 is 1.89 bits per heavy atom. The van der Waals surface area contributed by atoms with Gasteiger partial charge in [-0.25, -0.2) is 9.59 Å². The maximum Gasteiger partial charge on any atom is 0.339 e. The van der Waals surface area contributed by atoms with Crippen LogP contribution >= 0.6 is 11.8 Å². The molecule has 0 bridgehead atoms. The van der Waals surface area contributed by atoms with Crippen LogP contribution in [0.25, 0.3) is 5.57 Å². The SMILES string of the molecule is COC(=O)C1=C(C(=O)OC)c2cc(SC)[nH]c2CC1. The second kappa shape index (κ2) is 5.52. The van der Waals surface area contributed by atoms with E-state index in [1.807, 2.05) is 12.3 Å². The van der Waals surface area contributed by atoms with Crippen molar-refractivity contribution in [1.29, 1.82) is 0 Å². The topological polar surface area (TPSA) is 68.4 Å². The zero-order chi connectivity index (χ0) is 14.0. The van der Waals surface area contributed by atoms with Crippen LogP contribution in [0.5, 0.6) is 0 Å². The molecule has 0 fully saturated rings. The molecule has 6 heteroatoms. The molecule has 1 heterocycles. The third-order valence-electron chi connectivity index (χ3n) is 3.11. The Kier molecular flexibility index (Phi) is 3.99. The molecule has 5 nitrogen and oxygen atoms in total. The summed E-state index contributed by atoms with van der Waals surface area (Å²) < 4.78 is 9.53. The molecule has 102 valence electrons. The number of thioether (sulfide) groups is 1. The van der Waals surface area contributed by atoms with E-state index in [2.05, 4.69) is 4.98 Å². The highest BCUT2D eigenvalue weighted by Gasteiger charge is 2.30. The van der Waals surface area contributed by atoms with Gasteiger partial charge in [0, 0.05) is 11.3 Å². The van der Waals surface area contributed by atoms with Gasteiger partial charge >= 0.3 is 11.9 Å². The monoisotopic (exact) mass is 281 g/mol. The molecule has 0 aliphatic heterocycles. The molecule has 0 atom stereocenters. The highest BCUT2D eigenvalue weighted by atomic mass is 32.2. The molecule has 0 spiro atoms. The van der Waals surface area contributed by atoms with Crippen LogP contribution in [-0.2, 0) is 25.5 Å². The number of rotatable bonds is 3. The standard InChI is InChI=1S/C13H15NO4S/c1-17-12(15)7-4-5-9-8(6-10(14-9)19-3)11(7)13(16)18-2/h6,14H,4-5H2,1-3H3. The number of aromatic nitrogens is 1. The number of fused-ring (bicyclic) bond motifs is 1. The van der Waals surface area contributed by atoms with Gasteiger partial charge in [-0.15, -0.1) is 11.8 Å². The van der Waals surface area contributed by atoms with E-state index in [1.54, 1.807) is 11.8 Å². The lowest BCUT2D eigenvalue weighted by atomic mass is 9.90. The van der Waals surface area contributed by atoms with Crippen molar-refractivity contribution in [2.45, 2.75) is 17.9 Å². The van der Waals surface area contributed by atoms with Crippen molar-refractivity contribution in [3.8, 4) is 0 Å². The number of esters is 2. The first-order valence-electron chi connectivity index (χ1n) is 5.78. The Hall–Kier alpha value is -1.69. The van der Waals surface area contributed by atoms with Crippen LogP contribution in [-0.4, -0.2) is 37.4 Å². The number of H-pyrrole nitrogens is 1. The summed E-state index contributed by atoms with van der Waals surface area (Å²) in [5, 5.41) is 0.956. The number of carbonyl (C=O) groups is 2. The second-order valence-electron chi connectivity index (χ2n) is 4.07. The molecule has 0 saturated heterocycles. The molecule has 0 saturated carbocycles. The number of hydrogen-bond acceptors (Lipinski definition) is 5. The fraction of sp³-hybridized carbons (Fsp3) is 0.385. The number of carbonyl (C=O) groups excluding carboxylic acids is 2. The summed E-state index contributed by atoms with van der Waals surface area (Å²) in [4.78, 5) is 27.0. The van der Waals surface area contributed by atoms with E-state index in [9.17, 15) is 9.59 Å². The van der Waals surface area contributed by atoms with Crippen molar-refractivity contribution >= 4 is 29.3 Å². The van der Waals surface area contributed by atoms with Gasteiger partial charge in [-0.1, -0.05) is 0 Å². The molecule has 0 radical (unpaired) electrons. The number of aromatic amines is 1. The molecular weight excluding hydrogens is 266 g/mol. The Morgan fingerprint density at radius 1 is 1.21 bits per heavy atom. The van der Waals surface area contributed by atoms with Crippen molar-refractivity contribution in [1.82, 2.24) is 4.98 Å². The van der Waals surface area contributed by atoms with Crippen LogP contribution < -0.4 is 0 Å². The van der Waals surface area contributed by atoms with Gasteiger partial charge in [0.2, 0.25) is 0 Å². The second-order valence-corrected chi connectivity index (χ2v) is 4.91. The van der Waals surface area contributed by atoms with E-state index in [0.717, 1.165) is 16.3 Å². The van der Waals surface area contributed by atoms with Crippen molar-refractivity contribution in [3.63, 3.8) is 0 Å². The van der Waals surface area contributed by atoms with Gasteiger partial charge in [0.25, 0.3) is 0 Å². The van der Waals surface area contributed by atoms with Gasteiger partial charge in [0.05, 0.1) is 30.4 Å². The van der Waals surface area contributed by atoms with Crippen LogP contribution in [0.2, 0.25) is 0 Å². The molecular formula is C13H15NO4S. The molecule has 1 aromatic rings. The highest BCUT2D eigenvalue weighted by molar-refractivity contribution is 7.98. The van der Waals surface area contributed by atoms with Crippen molar-refractivity contribution in [3.05, 3.63) is 22.9 Å². The van der Waals surface area contributed by atoms with E-state index in [4.69, 9.17) is 9.47 Å². The third kappa shape index (κ3) is 2.40. The van der Waals surface area contributed by atoms with Crippen LogP contribution in [0.3, 0.4) is 0 Å². The van der Waals surface area contributed by atoms with Crippen molar-refractivity contribution < 1.29 is 19.1 Å². The Labute approximate surface area is 115 Å². The van der Waals surface area contributed by atoms with Gasteiger partial charge in [-0.2, -0.15) is 0 Å². The van der Waals surface area contributed by atoms with E-state index >= 15 is 0 Å². The highest BCUT2D eigenvalue weighted by Crippen LogP contribution is 2.35. The quantitative estimate of drug-likeness (QED) is 0.675. The summed E-state index contributed by atoms with van der Waals surface area (Å²) in [6, 6.07) is 1.87. The molecule has 1 aromatic heterocycles. The lowest BCUT2D eigenvalue weighted by Gasteiger charge is -2.17. The molecule has 19 heavy (non-hydrogen) atoms. The smallest absolute Gasteiger partial charge is 0.339 e. The van der Waals surface area contributed by atoms with Crippen molar-refractivity contribution in [2.24, 2.45) is 0 Å². The minimum atomic E-state index is -0.506. The summed E-state index contributed by atoms with van der Waals surface area (Å²) in [5.74, 6) is -0.981. The van der Waals surface area contributed by atoms with E-state index < -0.39 is 11.9 Å². The first-order chi connectivity index (χ1) is 9.12. The summed E-state index contributed by atoms with van der Waals surface area (Å²) in [7, 11) is 2.62. The summed E-state index contributed by atoms with van der Waals surface area (Å²) in [6.45, 7) is 0.